The summed E-state index contributed by atoms with van der Waals surface area (Å²) in [4.78, 5) is 14.8. The van der Waals surface area contributed by atoms with Gasteiger partial charge in [-0.1, -0.05) is 30.7 Å². The molecule has 1 unspecified atom stereocenters. The van der Waals surface area contributed by atoms with Gasteiger partial charge in [0.2, 0.25) is 0 Å². The number of anilines is 2. The lowest BCUT2D eigenvalue weighted by atomic mass is 9.80. The Balaban J connectivity index is 1.87. The van der Waals surface area contributed by atoms with Crippen molar-refractivity contribution >= 4 is 23.4 Å². The monoisotopic (exact) mass is 373 g/mol. The van der Waals surface area contributed by atoms with E-state index in [9.17, 15) is 10.1 Å². The molecule has 1 heterocycles. The molecule has 0 radical (unpaired) electrons. The van der Waals surface area contributed by atoms with E-state index in [2.05, 4.69) is 50.2 Å². The van der Waals surface area contributed by atoms with Gasteiger partial charge in [-0.3, -0.25) is 4.79 Å². The first-order valence-corrected chi connectivity index (χ1v) is 9.59. The quantitative estimate of drug-likeness (QED) is 0.589. The average Bonchev–Trinajstić information content (AvgIpc) is 2.65. The van der Waals surface area contributed by atoms with Crippen LogP contribution >= 0.6 is 0 Å². The molecule has 0 fully saturated rings. The Morgan fingerprint density at radius 1 is 1.25 bits per heavy atom. The molecule has 144 valence electrons. The van der Waals surface area contributed by atoms with Crippen molar-refractivity contribution in [2.45, 2.75) is 45.6 Å². The second-order valence-corrected chi connectivity index (χ2v) is 8.28. The summed E-state index contributed by atoms with van der Waals surface area (Å²) < 4.78 is 0. The van der Waals surface area contributed by atoms with E-state index in [1.54, 1.807) is 6.08 Å². The lowest BCUT2D eigenvalue weighted by Crippen LogP contribution is -2.45. The zero-order valence-electron chi connectivity index (χ0n) is 17.2. The molecule has 1 aliphatic heterocycles. The van der Waals surface area contributed by atoms with Gasteiger partial charge in [-0.15, -0.1) is 0 Å². The number of hydrogen-bond donors (Lipinski definition) is 1. The van der Waals surface area contributed by atoms with Crippen molar-refractivity contribution in [3.63, 3.8) is 0 Å². The molecule has 0 saturated heterocycles. The van der Waals surface area contributed by atoms with Gasteiger partial charge in [-0.05, 0) is 74.6 Å². The number of nitrogens with zero attached hydrogens (tertiary/aromatic N) is 2. The highest BCUT2D eigenvalue weighted by Crippen LogP contribution is 2.42. The normalized spacial score (nSPS) is 18.2. The molecule has 4 nitrogen and oxygen atoms in total. The van der Waals surface area contributed by atoms with Gasteiger partial charge in [0.1, 0.15) is 11.6 Å². The molecule has 0 saturated carbocycles. The number of hydrogen-bond acceptors (Lipinski definition) is 3. The van der Waals surface area contributed by atoms with Gasteiger partial charge < -0.3 is 10.2 Å². The fraction of sp³-hybridized carbons (Fsp3) is 0.333. The van der Waals surface area contributed by atoms with Crippen molar-refractivity contribution in [1.29, 1.82) is 5.26 Å². The molecular formula is C24H27N3O. The number of fused-ring (bicyclic) bond motifs is 1. The van der Waals surface area contributed by atoms with Gasteiger partial charge in [0.15, 0.2) is 0 Å². The maximum atomic E-state index is 12.5. The summed E-state index contributed by atoms with van der Waals surface area (Å²) in [5.41, 5.74) is 5.34. The van der Waals surface area contributed by atoms with Crippen LogP contribution in [0, 0.1) is 18.3 Å². The van der Waals surface area contributed by atoms with Crippen molar-refractivity contribution in [2.75, 3.05) is 17.3 Å². The van der Waals surface area contributed by atoms with Gasteiger partial charge >= 0.3 is 0 Å². The van der Waals surface area contributed by atoms with E-state index >= 15 is 0 Å². The molecule has 28 heavy (non-hydrogen) atoms. The molecule has 4 heteroatoms. The Morgan fingerprint density at radius 2 is 1.93 bits per heavy atom. The highest BCUT2D eigenvalue weighted by Gasteiger charge is 2.33. The van der Waals surface area contributed by atoms with E-state index in [0.29, 0.717) is 11.6 Å². The first-order chi connectivity index (χ1) is 13.2. The number of carbonyl (C=O) groups is 1. The van der Waals surface area contributed by atoms with Crippen LogP contribution in [0.15, 0.2) is 48.0 Å². The van der Waals surface area contributed by atoms with E-state index in [4.69, 9.17) is 0 Å². The van der Waals surface area contributed by atoms with Crippen LogP contribution in [0.4, 0.5) is 11.4 Å². The zero-order valence-corrected chi connectivity index (χ0v) is 17.2. The average molecular weight is 374 g/mol. The van der Waals surface area contributed by atoms with Crippen molar-refractivity contribution in [3.8, 4) is 6.07 Å². The summed E-state index contributed by atoms with van der Waals surface area (Å²) in [6, 6.07) is 15.7. The number of nitrogens with one attached hydrogen (secondary N) is 1. The minimum atomic E-state index is -0.393. The molecular weight excluding hydrogens is 346 g/mol. The Labute approximate surface area is 167 Å². The molecule has 2 aromatic carbocycles. The number of benzene rings is 2. The number of rotatable bonds is 3. The highest BCUT2D eigenvalue weighted by atomic mass is 16.1. The maximum absolute atomic E-state index is 12.5. The molecule has 3 rings (SSSR count). The lowest BCUT2D eigenvalue weighted by molar-refractivity contribution is -0.112. The second kappa shape index (κ2) is 7.52. The van der Waals surface area contributed by atoms with Crippen LogP contribution < -0.4 is 10.2 Å². The van der Waals surface area contributed by atoms with Crippen molar-refractivity contribution in [2.24, 2.45) is 0 Å². The molecule has 0 spiro atoms. The smallest absolute Gasteiger partial charge is 0.266 e. The van der Waals surface area contributed by atoms with Crippen molar-refractivity contribution in [1.82, 2.24) is 0 Å². The van der Waals surface area contributed by atoms with Gasteiger partial charge in [0, 0.05) is 24.0 Å². The number of amides is 1. The van der Waals surface area contributed by atoms with E-state index < -0.39 is 5.91 Å². The van der Waals surface area contributed by atoms with Crippen molar-refractivity contribution in [3.05, 3.63) is 64.7 Å². The fourth-order valence-electron chi connectivity index (χ4n) is 3.84. The van der Waals surface area contributed by atoms with E-state index in [-0.39, 0.29) is 11.1 Å². The third-order valence-electron chi connectivity index (χ3n) is 5.64. The van der Waals surface area contributed by atoms with Crippen LogP contribution in [0.25, 0.3) is 6.08 Å². The van der Waals surface area contributed by atoms with E-state index in [1.165, 1.54) is 11.3 Å². The van der Waals surface area contributed by atoms with Gasteiger partial charge in [-0.2, -0.15) is 5.26 Å². The third kappa shape index (κ3) is 3.94. The summed E-state index contributed by atoms with van der Waals surface area (Å²) in [6.07, 6.45) is 2.72. The zero-order chi connectivity index (χ0) is 20.5. The number of carbonyl (C=O) groups excluding carboxylic acids is 1. The molecule has 0 bridgehead atoms. The maximum Gasteiger partial charge on any atom is 0.266 e. The molecule has 0 aromatic heterocycles. The fourth-order valence-corrected chi connectivity index (χ4v) is 3.84. The van der Waals surface area contributed by atoms with Crippen LogP contribution in [0.2, 0.25) is 0 Å². The first kappa shape index (κ1) is 19.7. The molecule has 1 N–H and O–H groups in total. The SMILES string of the molecule is Cc1ccc(NC(=O)/C(C#N)=C/c2ccc3c(c2)C(C)CC(C)(C)N3C)cc1. The van der Waals surface area contributed by atoms with Gasteiger partial charge in [-0.25, -0.2) is 0 Å². The number of aryl methyl sites for hydroxylation is 1. The minimum Gasteiger partial charge on any atom is -0.369 e. The summed E-state index contributed by atoms with van der Waals surface area (Å²) in [7, 11) is 2.12. The predicted octanol–water partition coefficient (Wildman–Crippen LogP) is 5.26. The molecule has 0 aliphatic carbocycles. The van der Waals surface area contributed by atoms with Crippen LogP contribution in [0.3, 0.4) is 0 Å². The standard InChI is InChI=1S/C24H27N3O/c1-16-6-9-20(10-7-16)26-23(28)19(15-25)12-18-8-11-22-21(13-18)17(2)14-24(3,4)27(22)5/h6-13,17H,14H2,1-5H3,(H,26,28)/b19-12+. The van der Waals surface area contributed by atoms with Gasteiger partial charge in [0.25, 0.3) is 5.91 Å². The Hall–Kier alpha value is -3.06. The largest absolute Gasteiger partial charge is 0.369 e. The lowest BCUT2D eigenvalue weighted by Gasteiger charge is -2.45. The minimum absolute atomic E-state index is 0.0951. The summed E-state index contributed by atoms with van der Waals surface area (Å²) in [6.45, 7) is 8.73. The molecule has 1 amide bonds. The van der Waals surface area contributed by atoms with E-state index in [0.717, 1.165) is 17.5 Å². The van der Waals surface area contributed by atoms with Crippen LogP contribution in [0.1, 0.15) is 49.8 Å². The van der Waals surface area contributed by atoms with E-state index in [1.807, 2.05) is 43.3 Å². The predicted molar refractivity (Wildman–Crippen MR) is 115 cm³/mol. The van der Waals surface area contributed by atoms with Crippen LogP contribution in [-0.4, -0.2) is 18.5 Å². The van der Waals surface area contributed by atoms with Crippen molar-refractivity contribution < 1.29 is 4.79 Å². The van der Waals surface area contributed by atoms with Gasteiger partial charge in [0.05, 0.1) is 0 Å². The van der Waals surface area contributed by atoms with Crippen LogP contribution in [0.5, 0.6) is 0 Å². The highest BCUT2D eigenvalue weighted by molar-refractivity contribution is 6.09. The topological polar surface area (TPSA) is 56.1 Å². The molecule has 1 aliphatic rings. The molecule has 1 atom stereocenters. The Bertz CT molecular complexity index is 964. The Morgan fingerprint density at radius 3 is 2.57 bits per heavy atom. The Kier molecular flexibility index (Phi) is 5.29. The summed E-state index contributed by atoms with van der Waals surface area (Å²) >= 11 is 0. The number of nitriles is 1. The second-order valence-electron chi connectivity index (χ2n) is 8.28. The molecule has 2 aromatic rings. The summed E-state index contributed by atoms with van der Waals surface area (Å²) in [5.74, 6) is 0.0249. The van der Waals surface area contributed by atoms with Crippen LogP contribution in [-0.2, 0) is 4.79 Å². The summed E-state index contributed by atoms with van der Waals surface area (Å²) in [5, 5.41) is 12.3. The first-order valence-electron chi connectivity index (χ1n) is 9.59. The third-order valence-corrected chi connectivity index (χ3v) is 5.64.